The number of hydrogen-bond donors (Lipinski definition) is 4. The SMILES string of the molecule is CN(C)CC(C)(O)CNCCCC(C)(C)C(N)=NO. The molecule has 19 heavy (non-hydrogen) atoms. The maximum atomic E-state index is 10.1. The first-order valence-corrected chi connectivity index (χ1v) is 6.66. The van der Waals surface area contributed by atoms with Gasteiger partial charge in [0.2, 0.25) is 0 Å². The van der Waals surface area contributed by atoms with Crippen molar-refractivity contribution in [3.8, 4) is 0 Å². The van der Waals surface area contributed by atoms with Crippen LogP contribution in [0.1, 0.15) is 33.6 Å². The smallest absolute Gasteiger partial charge is 0.144 e. The average Bonchev–Trinajstić information content (AvgIpc) is 2.25. The van der Waals surface area contributed by atoms with Crippen molar-refractivity contribution in [2.45, 2.75) is 39.2 Å². The van der Waals surface area contributed by atoms with Gasteiger partial charge in [-0.15, -0.1) is 0 Å². The molecule has 0 radical (unpaired) electrons. The molecule has 6 nitrogen and oxygen atoms in total. The minimum Gasteiger partial charge on any atom is -0.409 e. The second kappa shape index (κ2) is 7.67. The number of nitrogens with two attached hydrogens (primary N) is 1. The molecule has 0 fully saturated rings. The van der Waals surface area contributed by atoms with Gasteiger partial charge in [0.25, 0.3) is 0 Å². The van der Waals surface area contributed by atoms with Gasteiger partial charge in [0.05, 0.1) is 5.60 Å². The Morgan fingerprint density at radius 2 is 1.89 bits per heavy atom. The van der Waals surface area contributed by atoms with Gasteiger partial charge >= 0.3 is 0 Å². The zero-order valence-electron chi connectivity index (χ0n) is 12.9. The Balaban J connectivity index is 3.88. The van der Waals surface area contributed by atoms with E-state index in [1.165, 1.54) is 0 Å². The monoisotopic (exact) mass is 274 g/mol. The van der Waals surface area contributed by atoms with E-state index < -0.39 is 5.60 Å². The number of oxime groups is 1. The van der Waals surface area contributed by atoms with Crippen molar-refractivity contribution in [1.29, 1.82) is 0 Å². The molecule has 0 saturated carbocycles. The lowest BCUT2D eigenvalue weighted by atomic mass is 9.86. The second-order valence-electron chi connectivity index (χ2n) is 6.38. The molecule has 0 rings (SSSR count). The summed E-state index contributed by atoms with van der Waals surface area (Å²) in [7, 11) is 3.88. The van der Waals surface area contributed by atoms with Crippen LogP contribution in [0, 0.1) is 5.41 Å². The van der Waals surface area contributed by atoms with E-state index in [0.717, 1.165) is 19.4 Å². The highest BCUT2D eigenvalue weighted by Crippen LogP contribution is 2.21. The number of rotatable bonds is 9. The lowest BCUT2D eigenvalue weighted by Gasteiger charge is -2.27. The Labute approximate surface area is 116 Å². The first kappa shape index (κ1) is 18.1. The molecule has 1 atom stereocenters. The first-order valence-electron chi connectivity index (χ1n) is 6.66. The maximum Gasteiger partial charge on any atom is 0.144 e. The molecule has 114 valence electrons. The van der Waals surface area contributed by atoms with E-state index in [4.69, 9.17) is 10.9 Å². The topological polar surface area (TPSA) is 94.1 Å². The molecule has 0 aliphatic rings. The fourth-order valence-corrected chi connectivity index (χ4v) is 2.01. The quantitative estimate of drug-likeness (QED) is 0.161. The summed E-state index contributed by atoms with van der Waals surface area (Å²) in [6, 6.07) is 0. The van der Waals surface area contributed by atoms with Gasteiger partial charge in [-0.3, -0.25) is 0 Å². The molecule has 5 N–H and O–H groups in total. The summed E-state index contributed by atoms with van der Waals surface area (Å²) in [5, 5.41) is 25.1. The number of nitrogens with one attached hydrogen (secondary N) is 1. The highest BCUT2D eigenvalue weighted by atomic mass is 16.4. The number of hydrogen-bond acceptors (Lipinski definition) is 5. The van der Waals surface area contributed by atoms with E-state index in [1.54, 1.807) is 0 Å². The van der Waals surface area contributed by atoms with E-state index in [-0.39, 0.29) is 11.3 Å². The van der Waals surface area contributed by atoms with Crippen LogP contribution in [0.25, 0.3) is 0 Å². The average molecular weight is 274 g/mol. The Hall–Kier alpha value is -0.850. The summed E-state index contributed by atoms with van der Waals surface area (Å²) in [4.78, 5) is 1.96. The van der Waals surface area contributed by atoms with Gasteiger partial charge in [-0.2, -0.15) is 0 Å². The highest BCUT2D eigenvalue weighted by Gasteiger charge is 2.23. The predicted molar refractivity (Wildman–Crippen MR) is 78.5 cm³/mol. The molecule has 0 saturated heterocycles. The molecule has 0 bridgehead atoms. The van der Waals surface area contributed by atoms with Crippen molar-refractivity contribution in [3.05, 3.63) is 0 Å². The molecule has 0 spiro atoms. The summed E-state index contributed by atoms with van der Waals surface area (Å²) in [5.74, 6) is 0.257. The van der Waals surface area contributed by atoms with Crippen molar-refractivity contribution < 1.29 is 10.3 Å². The fourth-order valence-electron chi connectivity index (χ4n) is 2.01. The van der Waals surface area contributed by atoms with Crippen molar-refractivity contribution >= 4 is 5.84 Å². The van der Waals surface area contributed by atoms with Crippen LogP contribution in [0.5, 0.6) is 0 Å². The lowest BCUT2D eigenvalue weighted by molar-refractivity contribution is 0.0339. The van der Waals surface area contributed by atoms with Crippen LogP contribution in [0.2, 0.25) is 0 Å². The van der Waals surface area contributed by atoms with Gasteiger partial charge in [0, 0.05) is 18.5 Å². The second-order valence-corrected chi connectivity index (χ2v) is 6.38. The summed E-state index contributed by atoms with van der Waals surface area (Å²) < 4.78 is 0. The van der Waals surface area contributed by atoms with Crippen molar-refractivity contribution in [2.24, 2.45) is 16.3 Å². The maximum absolute atomic E-state index is 10.1. The van der Waals surface area contributed by atoms with Crippen molar-refractivity contribution in [2.75, 3.05) is 33.7 Å². The van der Waals surface area contributed by atoms with Crippen LogP contribution in [0.4, 0.5) is 0 Å². The summed E-state index contributed by atoms with van der Waals surface area (Å²) in [5.41, 5.74) is 4.59. The number of likely N-dealkylation sites (N-methyl/N-ethyl adjacent to an activating group) is 1. The molecular weight excluding hydrogens is 244 g/mol. The molecule has 0 amide bonds. The first-order chi connectivity index (χ1) is 8.60. The number of amidine groups is 1. The van der Waals surface area contributed by atoms with Crippen LogP contribution < -0.4 is 11.1 Å². The van der Waals surface area contributed by atoms with Crippen molar-refractivity contribution in [3.63, 3.8) is 0 Å². The Bertz CT molecular complexity index is 288. The normalized spacial score (nSPS) is 16.7. The third kappa shape index (κ3) is 8.02. The van der Waals surface area contributed by atoms with E-state index in [1.807, 2.05) is 39.8 Å². The zero-order chi connectivity index (χ0) is 15.1. The Kier molecular flexibility index (Phi) is 7.33. The molecule has 6 heteroatoms. The summed E-state index contributed by atoms with van der Waals surface area (Å²) >= 11 is 0. The minimum absolute atomic E-state index is 0.257. The molecule has 1 unspecified atom stereocenters. The molecule has 0 aromatic carbocycles. The van der Waals surface area contributed by atoms with Crippen LogP contribution in [-0.4, -0.2) is 60.4 Å². The highest BCUT2D eigenvalue weighted by molar-refractivity contribution is 5.85. The molecular formula is C13H30N4O2. The lowest BCUT2D eigenvalue weighted by Crippen LogP contribution is -2.45. The largest absolute Gasteiger partial charge is 0.409 e. The van der Waals surface area contributed by atoms with Crippen LogP contribution >= 0.6 is 0 Å². The summed E-state index contributed by atoms with van der Waals surface area (Å²) in [6.45, 7) is 7.69. The molecule has 0 aliphatic carbocycles. The molecule has 0 aliphatic heterocycles. The minimum atomic E-state index is -0.732. The van der Waals surface area contributed by atoms with Gasteiger partial charge in [-0.1, -0.05) is 19.0 Å². The van der Waals surface area contributed by atoms with Crippen molar-refractivity contribution in [1.82, 2.24) is 10.2 Å². The van der Waals surface area contributed by atoms with Gasteiger partial charge in [-0.25, -0.2) is 0 Å². The Morgan fingerprint density at radius 1 is 1.32 bits per heavy atom. The predicted octanol–water partition coefficient (Wildman–Crippen LogP) is 0.441. The summed E-state index contributed by atoms with van der Waals surface area (Å²) in [6.07, 6.45) is 1.73. The van der Waals surface area contributed by atoms with E-state index >= 15 is 0 Å². The van der Waals surface area contributed by atoms with Gasteiger partial charge in [-0.05, 0) is 40.4 Å². The third-order valence-corrected chi connectivity index (χ3v) is 3.12. The fraction of sp³-hybridized carbons (Fsp3) is 0.923. The van der Waals surface area contributed by atoms with Crippen LogP contribution in [0.3, 0.4) is 0 Å². The van der Waals surface area contributed by atoms with E-state index in [9.17, 15) is 5.11 Å². The number of nitrogens with zero attached hydrogens (tertiary/aromatic N) is 2. The van der Waals surface area contributed by atoms with Crippen LogP contribution in [0.15, 0.2) is 5.16 Å². The van der Waals surface area contributed by atoms with E-state index in [0.29, 0.717) is 13.1 Å². The van der Waals surface area contributed by atoms with Crippen LogP contribution in [-0.2, 0) is 0 Å². The molecule has 0 aromatic rings. The van der Waals surface area contributed by atoms with E-state index in [2.05, 4.69) is 10.5 Å². The Morgan fingerprint density at radius 3 is 2.37 bits per heavy atom. The third-order valence-electron chi connectivity index (χ3n) is 3.12. The van der Waals surface area contributed by atoms with Gasteiger partial charge in [0.1, 0.15) is 5.84 Å². The molecule has 0 aromatic heterocycles. The zero-order valence-corrected chi connectivity index (χ0v) is 12.9. The molecule has 0 heterocycles. The number of aliphatic hydroxyl groups is 1. The van der Waals surface area contributed by atoms with Gasteiger partial charge in [0.15, 0.2) is 0 Å². The standard InChI is InChI=1S/C13H30N4O2/c1-12(2,11(14)16-19)7-6-8-15-9-13(3,18)10-17(4)5/h15,18-19H,6-10H2,1-5H3,(H2,14,16). The van der Waals surface area contributed by atoms with Gasteiger partial charge < -0.3 is 26.3 Å².